The molecule has 0 fully saturated rings. The molecule has 0 amide bonds. The number of thioether (sulfide) groups is 1. The van der Waals surface area contributed by atoms with Gasteiger partial charge in [-0.05, 0) is 25.4 Å². The number of sulfonamides is 1. The maximum atomic E-state index is 12.9. The van der Waals surface area contributed by atoms with Crippen LogP contribution in [0.15, 0.2) is 16.6 Å². The molecule has 2 heterocycles. The number of hydrogen-bond acceptors (Lipinski definition) is 6. The molecule has 1 unspecified atom stereocenters. The molecule has 0 saturated carbocycles. The van der Waals surface area contributed by atoms with Gasteiger partial charge >= 0.3 is 0 Å². The Kier molecular flexibility index (Phi) is 5.18. The maximum absolute atomic E-state index is 12.9. The molecular formula is C12H20N4O2S3. The average molecular weight is 349 g/mol. The van der Waals surface area contributed by atoms with Crippen LogP contribution >= 0.6 is 23.1 Å². The third kappa shape index (κ3) is 3.05. The summed E-state index contributed by atoms with van der Waals surface area (Å²) >= 11 is 3.13. The Morgan fingerprint density at radius 1 is 1.57 bits per heavy atom. The first kappa shape index (κ1) is 16.6. The second kappa shape index (κ2) is 6.55. The van der Waals surface area contributed by atoms with Crippen molar-refractivity contribution in [1.82, 2.24) is 13.7 Å². The molecule has 1 atom stereocenters. The molecule has 0 aromatic carbocycles. The summed E-state index contributed by atoms with van der Waals surface area (Å²) in [6, 6.07) is -0.0589. The highest BCUT2D eigenvalue weighted by Crippen LogP contribution is 2.28. The maximum Gasteiger partial charge on any atom is 0.262 e. The minimum Gasteiger partial charge on any atom is -0.371 e. The first-order chi connectivity index (χ1) is 9.93. The van der Waals surface area contributed by atoms with Gasteiger partial charge in [-0.15, -0.1) is 11.3 Å². The van der Waals surface area contributed by atoms with Crippen molar-refractivity contribution in [2.24, 2.45) is 0 Å². The first-order valence-electron chi connectivity index (χ1n) is 6.53. The zero-order chi connectivity index (χ0) is 15.6. The van der Waals surface area contributed by atoms with E-state index in [2.05, 4.69) is 10.3 Å². The predicted molar refractivity (Wildman–Crippen MR) is 90.0 cm³/mol. The van der Waals surface area contributed by atoms with Crippen LogP contribution in [-0.2, 0) is 10.0 Å². The number of imidazole rings is 1. The quantitative estimate of drug-likeness (QED) is 0.831. The molecule has 2 aromatic rings. The van der Waals surface area contributed by atoms with Gasteiger partial charge in [-0.25, -0.2) is 13.4 Å². The van der Waals surface area contributed by atoms with Crippen LogP contribution < -0.4 is 5.32 Å². The van der Waals surface area contributed by atoms with Crippen LogP contribution in [-0.4, -0.2) is 54.3 Å². The highest BCUT2D eigenvalue weighted by molar-refractivity contribution is 7.98. The largest absolute Gasteiger partial charge is 0.371 e. The Balaban J connectivity index is 2.43. The zero-order valence-corrected chi connectivity index (χ0v) is 15.0. The summed E-state index contributed by atoms with van der Waals surface area (Å²) in [5.74, 6) is 1.32. The van der Waals surface area contributed by atoms with Gasteiger partial charge in [0.15, 0.2) is 15.8 Å². The van der Waals surface area contributed by atoms with Crippen molar-refractivity contribution in [2.75, 3.05) is 31.4 Å². The van der Waals surface area contributed by atoms with Crippen LogP contribution in [0.2, 0.25) is 0 Å². The number of rotatable bonds is 7. The minimum absolute atomic E-state index is 0.0589. The van der Waals surface area contributed by atoms with E-state index in [0.29, 0.717) is 10.8 Å². The lowest BCUT2D eigenvalue weighted by Gasteiger charge is -2.24. The topological polar surface area (TPSA) is 66.7 Å². The normalized spacial score (nSPS) is 14.0. The predicted octanol–water partition coefficient (Wildman–Crippen LogP) is 2.20. The fraction of sp³-hybridized carbons (Fsp3) is 0.583. The first-order valence-corrected chi connectivity index (χ1v) is 10.2. The molecule has 0 aliphatic heterocycles. The van der Waals surface area contributed by atoms with E-state index in [9.17, 15) is 8.42 Å². The van der Waals surface area contributed by atoms with Gasteiger partial charge in [-0.1, -0.05) is 0 Å². The van der Waals surface area contributed by atoms with E-state index in [1.807, 2.05) is 18.6 Å². The smallest absolute Gasteiger partial charge is 0.262 e. The van der Waals surface area contributed by atoms with Crippen LogP contribution in [0.4, 0.5) is 5.82 Å². The van der Waals surface area contributed by atoms with Gasteiger partial charge in [-0.3, -0.25) is 4.40 Å². The Morgan fingerprint density at radius 3 is 2.90 bits per heavy atom. The van der Waals surface area contributed by atoms with Crippen molar-refractivity contribution in [2.45, 2.75) is 24.4 Å². The highest BCUT2D eigenvalue weighted by atomic mass is 32.2. The third-order valence-electron chi connectivity index (χ3n) is 3.44. The second-order valence-corrected chi connectivity index (χ2v) is 8.49. The van der Waals surface area contributed by atoms with Crippen LogP contribution in [0.5, 0.6) is 0 Å². The van der Waals surface area contributed by atoms with E-state index in [-0.39, 0.29) is 11.1 Å². The van der Waals surface area contributed by atoms with Crippen molar-refractivity contribution in [3.63, 3.8) is 0 Å². The number of nitrogens with one attached hydrogen (secondary N) is 1. The van der Waals surface area contributed by atoms with Crippen molar-refractivity contribution in [3.05, 3.63) is 11.6 Å². The van der Waals surface area contributed by atoms with Gasteiger partial charge < -0.3 is 5.32 Å². The average Bonchev–Trinajstić information content (AvgIpc) is 3.03. The van der Waals surface area contributed by atoms with Crippen molar-refractivity contribution >= 4 is 43.9 Å². The fourth-order valence-corrected chi connectivity index (χ4v) is 5.01. The Bertz CT molecular complexity index is 707. The standard InChI is InChI=1S/C12H20N4O2S3/c1-9(5-7-19-4)15(3)21(17,18)11-10(13-2)14-12-16(11)6-8-20-12/h6,8-9,13H,5,7H2,1-4H3. The monoisotopic (exact) mass is 348 g/mol. The fourth-order valence-electron chi connectivity index (χ4n) is 2.02. The van der Waals surface area contributed by atoms with E-state index in [4.69, 9.17) is 0 Å². The van der Waals surface area contributed by atoms with Crippen LogP contribution in [0.25, 0.3) is 4.96 Å². The van der Waals surface area contributed by atoms with Gasteiger partial charge in [0.25, 0.3) is 10.0 Å². The zero-order valence-electron chi connectivity index (χ0n) is 12.5. The van der Waals surface area contributed by atoms with Gasteiger partial charge in [0.05, 0.1) is 0 Å². The molecular weight excluding hydrogens is 328 g/mol. The number of nitrogens with zero attached hydrogens (tertiary/aromatic N) is 3. The summed E-state index contributed by atoms with van der Waals surface area (Å²) in [5, 5.41) is 4.92. The molecule has 118 valence electrons. The summed E-state index contributed by atoms with van der Waals surface area (Å²) in [5.41, 5.74) is 0. The number of thiazole rings is 1. The Hall–Kier alpha value is -0.770. The number of aromatic nitrogens is 2. The van der Waals surface area contributed by atoms with E-state index in [1.54, 1.807) is 36.5 Å². The molecule has 2 rings (SSSR count). The van der Waals surface area contributed by atoms with E-state index in [0.717, 1.165) is 12.2 Å². The molecule has 0 spiro atoms. The van der Waals surface area contributed by atoms with Gasteiger partial charge in [0.2, 0.25) is 0 Å². The van der Waals surface area contributed by atoms with Crippen molar-refractivity contribution in [3.8, 4) is 0 Å². The summed E-state index contributed by atoms with van der Waals surface area (Å²) < 4.78 is 28.9. The lowest BCUT2D eigenvalue weighted by molar-refractivity contribution is 0.381. The third-order valence-corrected chi connectivity index (χ3v) is 6.84. The minimum atomic E-state index is -3.60. The van der Waals surface area contributed by atoms with Crippen molar-refractivity contribution in [1.29, 1.82) is 0 Å². The lowest BCUT2D eigenvalue weighted by Crippen LogP contribution is -2.36. The molecule has 0 radical (unpaired) electrons. The van der Waals surface area contributed by atoms with E-state index < -0.39 is 10.0 Å². The summed E-state index contributed by atoms with van der Waals surface area (Å²) in [6.07, 6.45) is 4.57. The molecule has 0 bridgehead atoms. The summed E-state index contributed by atoms with van der Waals surface area (Å²) in [7, 11) is -0.282. The summed E-state index contributed by atoms with van der Waals surface area (Å²) in [4.78, 5) is 4.99. The van der Waals surface area contributed by atoms with Crippen molar-refractivity contribution < 1.29 is 8.42 Å². The van der Waals surface area contributed by atoms with Crippen LogP contribution in [0.1, 0.15) is 13.3 Å². The van der Waals surface area contributed by atoms with E-state index in [1.165, 1.54) is 15.6 Å². The van der Waals surface area contributed by atoms with Gasteiger partial charge in [0.1, 0.15) is 0 Å². The molecule has 9 heteroatoms. The lowest BCUT2D eigenvalue weighted by atomic mass is 10.3. The second-order valence-electron chi connectivity index (χ2n) is 4.72. The van der Waals surface area contributed by atoms with Crippen LogP contribution in [0, 0.1) is 0 Å². The van der Waals surface area contributed by atoms with Gasteiger partial charge in [-0.2, -0.15) is 16.1 Å². The van der Waals surface area contributed by atoms with E-state index >= 15 is 0 Å². The molecule has 6 nitrogen and oxygen atoms in total. The molecule has 0 saturated heterocycles. The highest BCUT2D eigenvalue weighted by Gasteiger charge is 2.32. The SMILES string of the molecule is CNc1nc2sccn2c1S(=O)(=O)N(C)C(C)CCSC. The molecule has 0 aliphatic rings. The number of hydrogen-bond donors (Lipinski definition) is 1. The van der Waals surface area contributed by atoms with Crippen LogP contribution in [0.3, 0.4) is 0 Å². The summed E-state index contributed by atoms with van der Waals surface area (Å²) in [6.45, 7) is 1.93. The number of anilines is 1. The Morgan fingerprint density at radius 2 is 2.29 bits per heavy atom. The number of fused-ring (bicyclic) bond motifs is 1. The molecule has 2 aromatic heterocycles. The molecule has 21 heavy (non-hydrogen) atoms. The van der Waals surface area contributed by atoms with Gasteiger partial charge in [0, 0.05) is 31.7 Å². The Labute approximate surface area is 133 Å². The molecule has 0 aliphatic carbocycles. The molecule has 1 N–H and O–H groups in total.